The zero-order chi connectivity index (χ0) is 13.5. The zero-order valence-electron chi connectivity index (χ0n) is 11.0. The van der Waals surface area contributed by atoms with Gasteiger partial charge >= 0.3 is 0 Å². The van der Waals surface area contributed by atoms with E-state index in [1.54, 1.807) is 11.3 Å². The predicted molar refractivity (Wildman–Crippen MR) is 79.3 cm³/mol. The van der Waals surface area contributed by atoms with Crippen LogP contribution in [-0.2, 0) is 11.2 Å². The Morgan fingerprint density at radius 1 is 1.53 bits per heavy atom. The van der Waals surface area contributed by atoms with E-state index in [4.69, 9.17) is 16.3 Å². The van der Waals surface area contributed by atoms with Crippen molar-refractivity contribution in [1.29, 1.82) is 0 Å². The molecule has 0 bridgehead atoms. The van der Waals surface area contributed by atoms with Crippen molar-refractivity contribution in [3.05, 3.63) is 16.2 Å². The van der Waals surface area contributed by atoms with E-state index in [0.717, 1.165) is 35.5 Å². The SMILES string of the molecule is CCc1cc2c(NC3(C)CCOC3)nc(Cl)nc2s1. The molecule has 0 amide bonds. The molecule has 102 valence electrons. The van der Waals surface area contributed by atoms with Gasteiger partial charge in [-0.25, -0.2) is 9.97 Å². The summed E-state index contributed by atoms with van der Waals surface area (Å²) >= 11 is 7.70. The molecular weight excluding hydrogens is 282 g/mol. The number of ether oxygens (including phenoxy) is 1. The van der Waals surface area contributed by atoms with Crippen LogP contribution in [0.1, 0.15) is 25.1 Å². The van der Waals surface area contributed by atoms with Crippen molar-refractivity contribution in [2.24, 2.45) is 0 Å². The van der Waals surface area contributed by atoms with Gasteiger partial charge in [0.15, 0.2) is 0 Å². The number of hydrogen-bond acceptors (Lipinski definition) is 5. The third kappa shape index (κ3) is 2.55. The van der Waals surface area contributed by atoms with E-state index in [9.17, 15) is 0 Å². The molecule has 1 aliphatic heterocycles. The molecular formula is C13H16ClN3OS. The number of hydrogen-bond donors (Lipinski definition) is 1. The van der Waals surface area contributed by atoms with Gasteiger partial charge in [0, 0.05) is 11.5 Å². The minimum atomic E-state index is -0.0705. The summed E-state index contributed by atoms with van der Waals surface area (Å²) < 4.78 is 5.46. The number of aromatic nitrogens is 2. The van der Waals surface area contributed by atoms with Crippen LogP contribution < -0.4 is 5.32 Å². The molecule has 19 heavy (non-hydrogen) atoms. The first-order valence-electron chi connectivity index (χ1n) is 6.41. The maximum atomic E-state index is 6.02. The summed E-state index contributed by atoms with van der Waals surface area (Å²) in [6.07, 6.45) is 1.97. The topological polar surface area (TPSA) is 47.0 Å². The average Bonchev–Trinajstić information content (AvgIpc) is 2.95. The van der Waals surface area contributed by atoms with Crippen molar-refractivity contribution in [3.63, 3.8) is 0 Å². The van der Waals surface area contributed by atoms with Gasteiger partial charge in [-0.15, -0.1) is 11.3 Å². The Labute approximate surface area is 121 Å². The maximum absolute atomic E-state index is 6.02. The Bertz CT molecular complexity index is 607. The highest BCUT2D eigenvalue weighted by molar-refractivity contribution is 7.18. The minimum Gasteiger partial charge on any atom is -0.379 e. The lowest BCUT2D eigenvalue weighted by atomic mass is 10.0. The largest absolute Gasteiger partial charge is 0.379 e. The smallest absolute Gasteiger partial charge is 0.225 e. The molecule has 0 radical (unpaired) electrons. The number of aryl methyl sites for hydroxylation is 1. The fraction of sp³-hybridized carbons (Fsp3) is 0.538. The van der Waals surface area contributed by atoms with E-state index in [2.05, 4.69) is 35.2 Å². The fourth-order valence-electron chi connectivity index (χ4n) is 2.27. The Morgan fingerprint density at radius 3 is 3.05 bits per heavy atom. The second kappa shape index (κ2) is 4.89. The number of anilines is 1. The summed E-state index contributed by atoms with van der Waals surface area (Å²) in [7, 11) is 0. The first kappa shape index (κ1) is 13.1. The van der Waals surface area contributed by atoms with Crippen LogP contribution in [0.5, 0.6) is 0 Å². The molecule has 0 spiro atoms. The highest BCUT2D eigenvalue weighted by Crippen LogP contribution is 2.33. The number of rotatable bonds is 3. The third-order valence-electron chi connectivity index (χ3n) is 3.40. The fourth-order valence-corrected chi connectivity index (χ4v) is 3.45. The molecule has 1 atom stereocenters. The highest BCUT2D eigenvalue weighted by atomic mass is 35.5. The van der Waals surface area contributed by atoms with Gasteiger partial charge in [-0.05, 0) is 37.4 Å². The minimum absolute atomic E-state index is 0.0705. The van der Waals surface area contributed by atoms with Gasteiger partial charge in [-0.2, -0.15) is 0 Å². The van der Waals surface area contributed by atoms with Crippen LogP contribution in [-0.4, -0.2) is 28.7 Å². The lowest BCUT2D eigenvalue weighted by Gasteiger charge is -2.24. The van der Waals surface area contributed by atoms with Gasteiger partial charge in [0.1, 0.15) is 10.6 Å². The number of thiophene rings is 1. The summed E-state index contributed by atoms with van der Waals surface area (Å²) in [6, 6.07) is 2.15. The second-order valence-electron chi connectivity index (χ2n) is 5.11. The van der Waals surface area contributed by atoms with E-state index in [0.29, 0.717) is 11.9 Å². The van der Waals surface area contributed by atoms with Crippen molar-refractivity contribution in [3.8, 4) is 0 Å². The van der Waals surface area contributed by atoms with Crippen LogP contribution in [0, 0.1) is 0 Å². The summed E-state index contributed by atoms with van der Waals surface area (Å²) in [6.45, 7) is 5.77. The van der Waals surface area contributed by atoms with Gasteiger partial charge in [0.25, 0.3) is 0 Å². The maximum Gasteiger partial charge on any atom is 0.225 e. The van der Waals surface area contributed by atoms with Gasteiger partial charge in [0.2, 0.25) is 5.28 Å². The monoisotopic (exact) mass is 297 g/mol. The van der Waals surface area contributed by atoms with Gasteiger partial charge < -0.3 is 10.1 Å². The van der Waals surface area contributed by atoms with Gasteiger partial charge in [-0.1, -0.05) is 6.92 Å². The lowest BCUT2D eigenvalue weighted by Crippen LogP contribution is -2.35. The van der Waals surface area contributed by atoms with E-state index in [1.807, 2.05) is 0 Å². The molecule has 0 aliphatic carbocycles. The van der Waals surface area contributed by atoms with Crippen molar-refractivity contribution < 1.29 is 4.74 Å². The lowest BCUT2D eigenvalue weighted by molar-refractivity contribution is 0.185. The Morgan fingerprint density at radius 2 is 2.37 bits per heavy atom. The summed E-state index contributed by atoms with van der Waals surface area (Å²) in [4.78, 5) is 10.9. The van der Waals surface area contributed by atoms with E-state index >= 15 is 0 Å². The molecule has 0 aromatic carbocycles. The molecule has 0 saturated carbocycles. The number of halogens is 1. The molecule has 6 heteroatoms. The van der Waals surface area contributed by atoms with E-state index in [1.165, 1.54) is 4.88 Å². The van der Waals surface area contributed by atoms with Crippen LogP contribution in [0.25, 0.3) is 10.2 Å². The molecule has 3 rings (SSSR count). The Hall–Kier alpha value is -0.910. The Balaban J connectivity index is 2.03. The number of nitrogens with zero attached hydrogens (tertiary/aromatic N) is 2. The normalized spacial score (nSPS) is 23.1. The molecule has 2 aromatic heterocycles. The van der Waals surface area contributed by atoms with Gasteiger partial charge in [-0.3, -0.25) is 0 Å². The summed E-state index contributed by atoms with van der Waals surface area (Å²) in [5.74, 6) is 0.818. The Kier molecular flexibility index (Phi) is 3.37. The molecule has 3 heterocycles. The highest BCUT2D eigenvalue weighted by Gasteiger charge is 2.30. The van der Waals surface area contributed by atoms with Crippen LogP contribution >= 0.6 is 22.9 Å². The predicted octanol–water partition coefficient (Wildman–Crippen LogP) is 3.50. The molecule has 1 N–H and O–H groups in total. The summed E-state index contributed by atoms with van der Waals surface area (Å²) in [5, 5.41) is 4.83. The average molecular weight is 298 g/mol. The van der Waals surface area contributed by atoms with Gasteiger partial charge in [0.05, 0.1) is 17.5 Å². The van der Waals surface area contributed by atoms with Crippen LogP contribution in [0.15, 0.2) is 6.07 Å². The van der Waals surface area contributed by atoms with Crippen molar-refractivity contribution >= 4 is 39.0 Å². The quantitative estimate of drug-likeness (QED) is 0.881. The second-order valence-corrected chi connectivity index (χ2v) is 6.57. The number of fused-ring (bicyclic) bond motifs is 1. The molecule has 4 nitrogen and oxygen atoms in total. The van der Waals surface area contributed by atoms with Crippen molar-refractivity contribution in [2.45, 2.75) is 32.2 Å². The van der Waals surface area contributed by atoms with E-state index < -0.39 is 0 Å². The molecule has 1 fully saturated rings. The summed E-state index contributed by atoms with van der Waals surface area (Å²) in [5.41, 5.74) is -0.0705. The first-order valence-corrected chi connectivity index (χ1v) is 7.61. The molecule has 2 aromatic rings. The van der Waals surface area contributed by atoms with Crippen molar-refractivity contribution in [1.82, 2.24) is 9.97 Å². The first-order chi connectivity index (χ1) is 9.09. The van der Waals surface area contributed by atoms with Crippen LogP contribution in [0.3, 0.4) is 0 Å². The molecule has 1 saturated heterocycles. The zero-order valence-corrected chi connectivity index (χ0v) is 12.6. The number of nitrogens with one attached hydrogen (secondary N) is 1. The van der Waals surface area contributed by atoms with E-state index in [-0.39, 0.29) is 5.54 Å². The standard InChI is InChI=1S/C13H16ClN3OS/c1-3-8-6-9-10(15-12(14)16-11(9)19-8)17-13(2)4-5-18-7-13/h6H,3-5,7H2,1-2H3,(H,15,16,17). The molecule has 1 unspecified atom stereocenters. The molecule has 1 aliphatic rings. The van der Waals surface area contributed by atoms with Crippen molar-refractivity contribution in [2.75, 3.05) is 18.5 Å². The van der Waals surface area contributed by atoms with Crippen LogP contribution in [0.2, 0.25) is 5.28 Å². The van der Waals surface area contributed by atoms with Crippen LogP contribution in [0.4, 0.5) is 5.82 Å². The third-order valence-corrected chi connectivity index (χ3v) is 4.75.